The van der Waals surface area contributed by atoms with Crippen LogP contribution in [0, 0.1) is 0 Å². The number of amides is 1. The molecule has 0 unspecified atom stereocenters. The molecular weight excluding hydrogens is 280 g/mol. The summed E-state index contributed by atoms with van der Waals surface area (Å²) < 4.78 is 6.88. The van der Waals surface area contributed by atoms with Crippen molar-refractivity contribution in [2.75, 3.05) is 13.2 Å². The zero-order valence-electron chi connectivity index (χ0n) is 13.4. The van der Waals surface area contributed by atoms with Gasteiger partial charge in [0.25, 0.3) is 5.91 Å². The molecule has 1 heterocycles. The first kappa shape index (κ1) is 18.1. The predicted octanol–water partition coefficient (Wildman–Crippen LogP) is 1.99. The van der Waals surface area contributed by atoms with Gasteiger partial charge in [0.15, 0.2) is 12.4 Å². The molecule has 0 aliphatic rings. The molecule has 122 valence electrons. The van der Waals surface area contributed by atoms with Gasteiger partial charge in [0.1, 0.15) is 6.61 Å². The number of esters is 1. The fourth-order valence-corrected chi connectivity index (χ4v) is 2.06. The van der Waals surface area contributed by atoms with E-state index in [1.165, 1.54) is 19.3 Å². The van der Waals surface area contributed by atoms with E-state index in [1.54, 1.807) is 4.57 Å². The number of carbonyl (C=O) groups excluding carboxylic acids is 2. The Morgan fingerprint density at radius 2 is 1.77 bits per heavy atom. The molecule has 5 nitrogen and oxygen atoms in total. The topological polar surface area (TPSA) is 59.3 Å². The van der Waals surface area contributed by atoms with Gasteiger partial charge in [0, 0.05) is 18.6 Å². The lowest BCUT2D eigenvalue weighted by molar-refractivity contribution is -0.684. The van der Waals surface area contributed by atoms with Crippen LogP contribution in [0.2, 0.25) is 0 Å². The van der Waals surface area contributed by atoms with E-state index in [4.69, 9.17) is 4.74 Å². The second kappa shape index (κ2) is 11.7. The third-order valence-electron chi connectivity index (χ3n) is 3.28. The van der Waals surface area contributed by atoms with Crippen LogP contribution in [-0.4, -0.2) is 25.0 Å². The maximum absolute atomic E-state index is 11.7. The summed E-state index contributed by atoms with van der Waals surface area (Å²) in [6.07, 6.45) is 9.69. The summed E-state index contributed by atoms with van der Waals surface area (Å²) in [6, 6.07) is 5.64. The molecule has 0 saturated heterocycles. The number of nitrogens with one attached hydrogen (secondary N) is 1. The fourth-order valence-electron chi connectivity index (χ4n) is 2.06. The number of nitrogens with zero attached hydrogens (tertiary/aromatic N) is 1. The highest BCUT2D eigenvalue weighted by atomic mass is 16.5. The lowest BCUT2D eigenvalue weighted by atomic mass is 10.1. The minimum Gasteiger partial charge on any atom is -0.464 e. The summed E-state index contributed by atoms with van der Waals surface area (Å²) in [7, 11) is 0. The van der Waals surface area contributed by atoms with E-state index in [0.717, 1.165) is 12.8 Å². The van der Waals surface area contributed by atoms with E-state index in [9.17, 15) is 9.59 Å². The van der Waals surface area contributed by atoms with Crippen LogP contribution < -0.4 is 9.88 Å². The van der Waals surface area contributed by atoms with Crippen molar-refractivity contribution in [3.8, 4) is 0 Å². The van der Waals surface area contributed by atoms with Crippen LogP contribution in [-0.2, 0) is 20.9 Å². The molecule has 0 fully saturated rings. The first-order valence-electron chi connectivity index (χ1n) is 8.08. The summed E-state index contributed by atoms with van der Waals surface area (Å²) in [4.78, 5) is 23.1. The molecule has 1 amide bonds. The average molecular weight is 307 g/mol. The van der Waals surface area contributed by atoms with Gasteiger partial charge in [-0.15, -0.1) is 0 Å². The Bertz CT molecular complexity index is 435. The van der Waals surface area contributed by atoms with Crippen molar-refractivity contribution in [2.24, 2.45) is 0 Å². The van der Waals surface area contributed by atoms with Gasteiger partial charge in [0.2, 0.25) is 6.54 Å². The number of hydrogen-bond donors (Lipinski definition) is 1. The highest BCUT2D eigenvalue weighted by molar-refractivity contribution is 5.74. The van der Waals surface area contributed by atoms with Gasteiger partial charge in [-0.3, -0.25) is 9.59 Å². The summed E-state index contributed by atoms with van der Waals surface area (Å²) in [5.74, 6) is -0.269. The minimum absolute atomic E-state index is 0.0909. The Balaban J connectivity index is 2.00. The Morgan fingerprint density at radius 3 is 2.50 bits per heavy atom. The molecule has 0 atom stereocenters. The zero-order valence-corrected chi connectivity index (χ0v) is 13.4. The molecular formula is C17H27N2O3+. The van der Waals surface area contributed by atoms with Gasteiger partial charge in [-0.1, -0.05) is 38.7 Å². The molecule has 0 aliphatic heterocycles. The monoisotopic (exact) mass is 307 g/mol. The molecule has 0 spiro atoms. The molecule has 5 heteroatoms. The van der Waals surface area contributed by atoms with Crippen LogP contribution in [0.5, 0.6) is 0 Å². The fraction of sp³-hybridized carbons (Fsp3) is 0.588. The Kier molecular flexibility index (Phi) is 9.66. The van der Waals surface area contributed by atoms with Crippen LogP contribution in [0.15, 0.2) is 30.6 Å². The molecule has 0 radical (unpaired) electrons. The number of ether oxygens (including phenoxy) is 1. The van der Waals surface area contributed by atoms with Crippen molar-refractivity contribution in [1.29, 1.82) is 0 Å². The first-order chi connectivity index (χ1) is 10.7. The normalized spacial score (nSPS) is 10.2. The maximum atomic E-state index is 11.7. The molecule has 0 saturated carbocycles. The number of pyridine rings is 1. The van der Waals surface area contributed by atoms with Gasteiger partial charge >= 0.3 is 5.97 Å². The highest BCUT2D eigenvalue weighted by Gasteiger charge is 2.08. The van der Waals surface area contributed by atoms with Crippen LogP contribution in [0.3, 0.4) is 0 Å². The average Bonchev–Trinajstić information content (AvgIpc) is 2.52. The van der Waals surface area contributed by atoms with Crippen molar-refractivity contribution < 1.29 is 18.9 Å². The van der Waals surface area contributed by atoms with E-state index >= 15 is 0 Å². The second-order valence-corrected chi connectivity index (χ2v) is 5.28. The second-order valence-electron chi connectivity index (χ2n) is 5.28. The van der Waals surface area contributed by atoms with E-state index in [1.807, 2.05) is 30.6 Å². The molecule has 1 aromatic heterocycles. The molecule has 0 bridgehead atoms. The number of unbranched alkanes of at least 4 members (excludes halogenated alkanes) is 4. The van der Waals surface area contributed by atoms with Crippen LogP contribution in [0.4, 0.5) is 0 Å². The van der Waals surface area contributed by atoms with Crippen molar-refractivity contribution in [3.05, 3.63) is 30.6 Å². The highest BCUT2D eigenvalue weighted by Crippen LogP contribution is 2.05. The van der Waals surface area contributed by atoms with Crippen molar-refractivity contribution in [2.45, 2.75) is 52.0 Å². The van der Waals surface area contributed by atoms with E-state index in [-0.39, 0.29) is 25.0 Å². The van der Waals surface area contributed by atoms with Gasteiger partial charge in [-0.2, -0.15) is 4.57 Å². The number of rotatable bonds is 11. The molecule has 0 aliphatic carbocycles. The third kappa shape index (κ3) is 9.10. The summed E-state index contributed by atoms with van der Waals surface area (Å²) >= 11 is 0. The molecule has 1 N–H and O–H groups in total. The largest absolute Gasteiger partial charge is 0.464 e. The summed E-state index contributed by atoms with van der Waals surface area (Å²) in [6.45, 7) is 3.03. The van der Waals surface area contributed by atoms with E-state index in [2.05, 4.69) is 12.2 Å². The SMILES string of the molecule is CCCCCCCC(=O)OCCNC(=O)C[n+]1ccccc1. The number of hydrogen-bond acceptors (Lipinski definition) is 3. The molecule has 22 heavy (non-hydrogen) atoms. The predicted molar refractivity (Wildman–Crippen MR) is 84.0 cm³/mol. The molecule has 1 rings (SSSR count). The Morgan fingerprint density at radius 1 is 1.05 bits per heavy atom. The van der Waals surface area contributed by atoms with Crippen molar-refractivity contribution in [3.63, 3.8) is 0 Å². The standard InChI is InChI=1S/C17H26N2O3/c1-2-3-4-5-7-10-17(21)22-14-11-18-16(20)15-19-12-8-6-9-13-19/h6,8-9,12-13H,2-5,7,10-11,14-15H2,1H3/p+1. The Hall–Kier alpha value is -1.91. The van der Waals surface area contributed by atoms with Gasteiger partial charge in [-0.25, -0.2) is 0 Å². The van der Waals surface area contributed by atoms with E-state index < -0.39 is 0 Å². The van der Waals surface area contributed by atoms with Crippen LogP contribution in [0.1, 0.15) is 45.4 Å². The lowest BCUT2D eigenvalue weighted by Gasteiger charge is -2.06. The van der Waals surface area contributed by atoms with Crippen molar-refractivity contribution in [1.82, 2.24) is 5.32 Å². The number of aromatic nitrogens is 1. The lowest BCUT2D eigenvalue weighted by Crippen LogP contribution is -2.43. The van der Waals surface area contributed by atoms with Gasteiger partial charge in [0.05, 0.1) is 6.54 Å². The van der Waals surface area contributed by atoms with E-state index in [0.29, 0.717) is 13.0 Å². The van der Waals surface area contributed by atoms with Crippen LogP contribution >= 0.6 is 0 Å². The summed E-state index contributed by atoms with van der Waals surface area (Å²) in [5, 5.41) is 2.73. The summed E-state index contributed by atoms with van der Waals surface area (Å²) in [5.41, 5.74) is 0. The Labute approximate surface area is 132 Å². The van der Waals surface area contributed by atoms with Gasteiger partial charge < -0.3 is 10.1 Å². The third-order valence-corrected chi connectivity index (χ3v) is 3.28. The van der Waals surface area contributed by atoms with Gasteiger partial charge in [-0.05, 0) is 6.42 Å². The first-order valence-corrected chi connectivity index (χ1v) is 8.08. The zero-order chi connectivity index (χ0) is 16.0. The van der Waals surface area contributed by atoms with Crippen LogP contribution in [0.25, 0.3) is 0 Å². The minimum atomic E-state index is -0.178. The quantitative estimate of drug-likeness (QED) is 0.386. The smallest absolute Gasteiger partial charge is 0.305 e. The maximum Gasteiger partial charge on any atom is 0.305 e. The molecule has 1 aromatic rings. The van der Waals surface area contributed by atoms with Crippen molar-refractivity contribution >= 4 is 11.9 Å². The number of carbonyl (C=O) groups is 2. The molecule has 0 aromatic carbocycles.